The van der Waals surface area contributed by atoms with Gasteiger partial charge >= 0.3 is 79.5 Å². The Hall–Kier alpha value is -2.21. The SMILES string of the molecule is FC(F)(COCC1CO1)OC(F)(F)C(F)(F)OC(F)(F)C(F)(F)OC(F)(F)C(F)(F)OC(F)(F)C(F)(F)OC(F)(F)C(F)(F)OC(F)(F)C(F)(F)F. The van der Waals surface area contributed by atoms with E-state index in [1.54, 1.807) is 0 Å². The van der Waals surface area contributed by atoms with Crippen molar-refractivity contribution in [2.45, 2.75) is 85.6 Å². The predicted molar refractivity (Wildman–Crippen MR) is 92.5 cm³/mol. The van der Waals surface area contributed by atoms with Gasteiger partial charge in [0.2, 0.25) is 0 Å². The van der Waals surface area contributed by atoms with E-state index in [2.05, 4.69) is 14.2 Å². The highest BCUT2D eigenvalue weighted by molar-refractivity contribution is 4.82. The van der Waals surface area contributed by atoms with Crippen molar-refractivity contribution in [1.29, 1.82) is 0 Å². The quantitative estimate of drug-likeness (QED) is 0.0847. The second-order valence-corrected chi connectivity index (χ2v) is 8.90. The number of rotatable bonds is 21. The van der Waals surface area contributed by atoms with Gasteiger partial charge in [-0.2, -0.15) is 119 Å². The van der Waals surface area contributed by atoms with Crippen LogP contribution in [0.4, 0.5) is 119 Å². The molecule has 312 valence electrons. The van der Waals surface area contributed by atoms with Crippen LogP contribution in [0.3, 0.4) is 0 Å². The Kier molecular flexibility index (Phi) is 12.7. The molecule has 1 fully saturated rings. The van der Waals surface area contributed by atoms with Crippen molar-refractivity contribution in [3.63, 3.8) is 0 Å². The summed E-state index contributed by atoms with van der Waals surface area (Å²) in [5.41, 5.74) is 0. The Bertz CT molecular complexity index is 1210. The fourth-order valence-electron chi connectivity index (χ4n) is 2.15. The highest BCUT2D eigenvalue weighted by Crippen LogP contribution is 2.54. The molecule has 0 amide bonds. The number of hydrogen-bond acceptors (Lipinski definition) is 8. The van der Waals surface area contributed by atoms with Crippen LogP contribution in [0.1, 0.15) is 0 Å². The third-order valence-electron chi connectivity index (χ3n) is 4.56. The van der Waals surface area contributed by atoms with E-state index >= 15 is 0 Å². The molecule has 1 rings (SSSR count). The maximum atomic E-state index is 13.5. The first-order chi connectivity index (χ1) is 22.3. The van der Waals surface area contributed by atoms with Crippen LogP contribution in [0.2, 0.25) is 0 Å². The van der Waals surface area contributed by atoms with E-state index in [1.807, 2.05) is 0 Å². The molecule has 1 atom stereocenters. The van der Waals surface area contributed by atoms with Gasteiger partial charge in [-0.3, -0.25) is 0 Å². The smallest absolute Gasteiger partial charge is 0.371 e. The predicted octanol–water partition coefficient (Wildman–Crippen LogP) is 8.18. The van der Waals surface area contributed by atoms with Crippen molar-refractivity contribution in [2.75, 3.05) is 19.8 Å². The molecular weight excluding hydrogens is 845 g/mol. The van der Waals surface area contributed by atoms with Crippen LogP contribution in [0.5, 0.6) is 0 Å². The number of epoxide rings is 1. The Labute approximate surface area is 263 Å². The maximum Gasteiger partial charge on any atom is 0.483 e. The summed E-state index contributed by atoms with van der Waals surface area (Å²) in [6.45, 7) is -3.52. The van der Waals surface area contributed by atoms with Crippen LogP contribution >= 0.6 is 0 Å². The monoisotopic (exact) mass is 852 g/mol. The summed E-state index contributed by atoms with van der Waals surface area (Å²) in [5.74, 6) is 0. The van der Waals surface area contributed by atoms with Gasteiger partial charge in [0.1, 0.15) is 12.7 Å². The van der Waals surface area contributed by atoms with E-state index in [4.69, 9.17) is 0 Å². The second-order valence-electron chi connectivity index (χ2n) is 8.90. The summed E-state index contributed by atoms with van der Waals surface area (Å²) in [7, 11) is 0. The molecule has 0 aromatic rings. The van der Waals surface area contributed by atoms with Crippen LogP contribution in [-0.2, 0) is 37.9 Å². The molecule has 0 bridgehead atoms. The molecule has 0 aromatic heterocycles. The lowest BCUT2D eigenvalue weighted by Gasteiger charge is -2.37. The summed E-state index contributed by atoms with van der Waals surface area (Å²) in [6.07, 6.45) is -102. The van der Waals surface area contributed by atoms with Gasteiger partial charge in [0.25, 0.3) is 0 Å². The average molecular weight is 852 g/mol. The average Bonchev–Trinajstić information content (AvgIpc) is 3.63. The van der Waals surface area contributed by atoms with Crippen molar-refractivity contribution < 1.29 is 156 Å². The first-order valence-corrected chi connectivity index (χ1v) is 11.3. The van der Waals surface area contributed by atoms with Crippen LogP contribution in [0, 0.1) is 0 Å². The molecule has 1 heterocycles. The molecule has 0 N–H and O–H groups in total. The van der Waals surface area contributed by atoms with Crippen molar-refractivity contribution in [3.05, 3.63) is 0 Å². The lowest BCUT2D eigenvalue weighted by atomic mass is 10.4. The van der Waals surface area contributed by atoms with Crippen molar-refractivity contribution in [2.24, 2.45) is 0 Å². The standard InChI is InChI=1S/C17H7F27O8/c18-5(19,3-45-1-4-2-46-4)47-8(25,26)9(27,28)49-12(33,34)13(35,36)51-16(41,42)17(43,44)52-15(39,40)14(37,38)50-11(31,32)10(29,30)48-7(23,24)6(20,21)22/h4H,1-3H2. The highest BCUT2D eigenvalue weighted by atomic mass is 19.4. The topological polar surface area (TPSA) is 77.1 Å². The van der Waals surface area contributed by atoms with Gasteiger partial charge in [-0.1, -0.05) is 0 Å². The Balaban J connectivity index is 3.21. The number of alkyl halides is 27. The molecule has 1 saturated heterocycles. The van der Waals surface area contributed by atoms with Crippen LogP contribution in [0.15, 0.2) is 0 Å². The Morgan fingerprint density at radius 1 is 0.346 bits per heavy atom. The third-order valence-corrected chi connectivity index (χ3v) is 4.56. The fourth-order valence-corrected chi connectivity index (χ4v) is 2.15. The van der Waals surface area contributed by atoms with Gasteiger partial charge in [-0.15, -0.1) is 0 Å². The molecule has 0 radical (unpaired) electrons. The molecule has 0 aliphatic carbocycles. The minimum absolute atomic E-state index is 0.167. The van der Waals surface area contributed by atoms with Crippen molar-refractivity contribution >= 4 is 0 Å². The van der Waals surface area contributed by atoms with Crippen LogP contribution in [0.25, 0.3) is 0 Å². The summed E-state index contributed by atoms with van der Waals surface area (Å²) >= 11 is 0. The largest absolute Gasteiger partial charge is 0.483 e. The van der Waals surface area contributed by atoms with E-state index in [-0.39, 0.29) is 6.61 Å². The van der Waals surface area contributed by atoms with Gasteiger partial charge in [-0.25, -0.2) is 28.4 Å². The first-order valence-electron chi connectivity index (χ1n) is 11.3. The van der Waals surface area contributed by atoms with Crippen molar-refractivity contribution in [3.8, 4) is 0 Å². The van der Waals surface area contributed by atoms with E-state index in [1.165, 1.54) is 9.47 Å². The molecule has 0 saturated carbocycles. The van der Waals surface area contributed by atoms with Gasteiger partial charge in [0, 0.05) is 0 Å². The Morgan fingerprint density at radius 2 is 0.558 bits per heavy atom. The minimum Gasteiger partial charge on any atom is -0.371 e. The van der Waals surface area contributed by atoms with E-state index < -0.39 is 98.8 Å². The fraction of sp³-hybridized carbons (Fsp3) is 1.00. The summed E-state index contributed by atoms with van der Waals surface area (Å²) in [6, 6.07) is 0. The molecule has 8 nitrogen and oxygen atoms in total. The zero-order chi connectivity index (χ0) is 41.9. The minimum atomic E-state index is -8.26. The zero-order valence-corrected chi connectivity index (χ0v) is 22.7. The van der Waals surface area contributed by atoms with E-state index in [0.29, 0.717) is 0 Å². The molecule has 1 aliphatic heterocycles. The Morgan fingerprint density at radius 3 is 0.769 bits per heavy atom. The number of hydrogen-bond donors (Lipinski definition) is 0. The van der Waals surface area contributed by atoms with Gasteiger partial charge in [0.15, 0.2) is 0 Å². The van der Waals surface area contributed by atoms with Gasteiger partial charge in [-0.05, 0) is 0 Å². The zero-order valence-electron chi connectivity index (χ0n) is 22.7. The lowest BCUT2D eigenvalue weighted by molar-refractivity contribution is -0.595. The number of ether oxygens (including phenoxy) is 8. The van der Waals surface area contributed by atoms with Gasteiger partial charge < -0.3 is 9.47 Å². The van der Waals surface area contributed by atoms with E-state index in [0.717, 1.165) is 14.2 Å². The van der Waals surface area contributed by atoms with E-state index in [9.17, 15) is 119 Å². The molecule has 35 heteroatoms. The normalized spacial score (nSPS) is 18.6. The number of halogens is 27. The van der Waals surface area contributed by atoms with Gasteiger partial charge in [0.05, 0.1) is 13.2 Å². The third kappa shape index (κ3) is 10.9. The maximum absolute atomic E-state index is 13.5. The van der Waals surface area contributed by atoms with Crippen molar-refractivity contribution in [1.82, 2.24) is 0 Å². The molecule has 1 unspecified atom stereocenters. The molecule has 0 aromatic carbocycles. The first kappa shape index (κ1) is 47.8. The molecule has 1 aliphatic rings. The summed E-state index contributed by atoms with van der Waals surface area (Å²) in [4.78, 5) is 0. The van der Waals surface area contributed by atoms with Crippen LogP contribution in [-0.4, -0.2) is 105 Å². The van der Waals surface area contributed by atoms with Crippen LogP contribution < -0.4 is 0 Å². The molecule has 52 heavy (non-hydrogen) atoms. The summed E-state index contributed by atoms with van der Waals surface area (Å²) < 4.78 is 371. The lowest BCUT2D eigenvalue weighted by Crippen LogP contribution is -2.62. The summed E-state index contributed by atoms with van der Waals surface area (Å²) in [5, 5.41) is 0. The molecule has 0 spiro atoms. The highest BCUT2D eigenvalue weighted by Gasteiger charge is 2.80. The second kappa shape index (κ2) is 13.8. The molecular formula is C17H7F27O8.